The Morgan fingerprint density at radius 3 is 2.18 bits per heavy atom. The summed E-state index contributed by atoms with van der Waals surface area (Å²) in [6.07, 6.45) is 1.13. The molecule has 0 bridgehead atoms. The lowest BCUT2D eigenvalue weighted by atomic mass is 10.1. The third-order valence-corrected chi connectivity index (χ3v) is 5.03. The molecule has 0 unspecified atom stereocenters. The van der Waals surface area contributed by atoms with Gasteiger partial charge in [-0.3, -0.25) is 4.79 Å². The van der Waals surface area contributed by atoms with Crippen LogP contribution in [-0.2, 0) is 0 Å². The third kappa shape index (κ3) is 5.64. The zero-order valence-corrected chi connectivity index (χ0v) is 18.0. The molecule has 1 fully saturated rings. The number of aromatic nitrogens is 1. The minimum Gasteiger partial charge on any atom is -0.477 e. The van der Waals surface area contributed by atoms with Gasteiger partial charge in [-0.05, 0) is 43.4 Å². The molecule has 7 N–H and O–H groups in total. The van der Waals surface area contributed by atoms with Crippen molar-refractivity contribution in [2.45, 2.75) is 0 Å². The molecule has 0 radical (unpaired) electrons. The van der Waals surface area contributed by atoms with Crippen LogP contribution in [0.15, 0.2) is 47.4 Å². The highest BCUT2D eigenvalue weighted by Gasteiger charge is 2.22. The second kappa shape index (κ2) is 11.7. The Hall–Kier alpha value is -3.09. The Morgan fingerprint density at radius 1 is 1.03 bits per heavy atom. The van der Waals surface area contributed by atoms with Gasteiger partial charge in [0, 0.05) is 47.6 Å². The van der Waals surface area contributed by atoms with E-state index in [2.05, 4.69) is 0 Å². The van der Waals surface area contributed by atoms with Gasteiger partial charge in [0.05, 0.1) is 11.2 Å². The molecule has 0 saturated carbocycles. The van der Waals surface area contributed by atoms with Crippen LogP contribution < -0.4 is 10.3 Å². The van der Waals surface area contributed by atoms with Crippen molar-refractivity contribution >= 4 is 35.0 Å². The summed E-state index contributed by atoms with van der Waals surface area (Å²) in [6.45, 7) is -1.30. The van der Waals surface area contributed by atoms with Gasteiger partial charge in [0.1, 0.15) is 17.2 Å². The van der Waals surface area contributed by atoms with Crippen LogP contribution in [-0.4, -0.2) is 70.1 Å². The van der Waals surface area contributed by atoms with Crippen molar-refractivity contribution < 1.29 is 39.2 Å². The predicted molar refractivity (Wildman–Crippen MR) is 124 cm³/mol. The van der Waals surface area contributed by atoms with Gasteiger partial charge in [-0.2, -0.15) is 0 Å². The molecule has 33 heavy (non-hydrogen) atoms. The van der Waals surface area contributed by atoms with E-state index in [1.807, 2.05) is 0 Å². The van der Waals surface area contributed by atoms with Crippen LogP contribution in [0.5, 0.6) is 0 Å². The number of pyridine rings is 1. The Balaban J connectivity index is 0.00000306. The molecule has 0 atom stereocenters. The molecule has 0 spiro atoms. The van der Waals surface area contributed by atoms with Crippen LogP contribution in [0.3, 0.4) is 0 Å². The molecule has 0 aliphatic carbocycles. The fourth-order valence-electron chi connectivity index (χ4n) is 3.49. The number of fused-ring (bicyclic) bond motifs is 1. The maximum absolute atomic E-state index is 15.0. The Labute approximate surface area is 198 Å². The molecular formula is C21H26ClF2N3O6. The minimum atomic E-state index is -2.23. The zero-order chi connectivity index (χ0) is 23.2. The minimum absolute atomic E-state index is 0. The van der Waals surface area contributed by atoms with E-state index in [4.69, 9.17) is 4.11 Å². The topological polar surface area (TPSA) is 160 Å². The maximum atomic E-state index is 15.0. The summed E-state index contributed by atoms with van der Waals surface area (Å²) in [5, 5.41) is 9.30. The molecule has 1 aliphatic rings. The number of anilines is 1. The Kier molecular flexibility index (Phi) is 8.69. The highest BCUT2D eigenvalue weighted by atomic mass is 35.5. The number of halogens is 3. The molecule has 182 valence electrons. The summed E-state index contributed by atoms with van der Waals surface area (Å²) in [7, 11) is 0. The standard InChI is InChI=1S/C21H19F2N3O3.ClH.3H2O/c1-24-6-8-25(9-7-24)19-11-18-15(10-17(19)23)20(27)16(21(28)29)12-26(18)14-4-2-13(22)3-5-14;;;;/h2-5,10-12H,6-9H2,1H3,(H,28,29);1H;3*1H2/i1D3;;;;. The van der Waals surface area contributed by atoms with Crippen LogP contribution in [0, 0.1) is 11.6 Å². The summed E-state index contributed by atoms with van der Waals surface area (Å²) in [4.78, 5) is 27.3. The number of benzene rings is 2. The molecule has 12 heteroatoms. The molecule has 0 amide bonds. The van der Waals surface area contributed by atoms with Crippen LogP contribution in [0.2, 0.25) is 0 Å². The third-order valence-electron chi connectivity index (χ3n) is 5.03. The van der Waals surface area contributed by atoms with Crippen LogP contribution >= 0.6 is 12.4 Å². The van der Waals surface area contributed by atoms with Gasteiger partial charge in [-0.25, -0.2) is 13.6 Å². The fraction of sp³-hybridized carbons (Fsp3) is 0.238. The van der Waals surface area contributed by atoms with Crippen LogP contribution in [0.25, 0.3) is 16.6 Å². The highest BCUT2D eigenvalue weighted by Crippen LogP contribution is 2.28. The van der Waals surface area contributed by atoms with Crippen molar-refractivity contribution in [1.29, 1.82) is 0 Å². The van der Waals surface area contributed by atoms with Crippen LogP contribution in [0.1, 0.15) is 14.5 Å². The van der Waals surface area contributed by atoms with E-state index in [1.54, 1.807) is 4.90 Å². The molecule has 3 aromatic rings. The zero-order valence-electron chi connectivity index (χ0n) is 20.1. The number of nitrogens with zero attached hydrogens (tertiary/aromatic N) is 3. The number of aromatic carboxylic acids is 1. The van der Waals surface area contributed by atoms with E-state index in [0.717, 1.165) is 12.3 Å². The molecule has 2 heterocycles. The van der Waals surface area contributed by atoms with E-state index in [9.17, 15) is 19.1 Å². The molecule has 2 aromatic carbocycles. The van der Waals surface area contributed by atoms with E-state index >= 15 is 4.39 Å². The van der Waals surface area contributed by atoms with Crippen LogP contribution in [0.4, 0.5) is 14.5 Å². The second-order valence-corrected chi connectivity index (χ2v) is 6.82. The summed E-state index contributed by atoms with van der Waals surface area (Å²) in [5.74, 6) is -2.67. The van der Waals surface area contributed by atoms with E-state index < -0.39 is 35.6 Å². The summed E-state index contributed by atoms with van der Waals surface area (Å²) >= 11 is 0. The van der Waals surface area contributed by atoms with E-state index in [-0.39, 0.29) is 71.6 Å². The second-order valence-electron chi connectivity index (χ2n) is 6.82. The smallest absolute Gasteiger partial charge is 0.341 e. The summed E-state index contributed by atoms with van der Waals surface area (Å²) in [5.41, 5.74) is -0.560. The summed E-state index contributed by atoms with van der Waals surface area (Å²) in [6, 6.07) is 7.66. The van der Waals surface area contributed by atoms with Gasteiger partial charge in [0.15, 0.2) is 0 Å². The number of rotatable bonds is 3. The maximum Gasteiger partial charge on any atom is 0.341 e. The predicted octanol–water partition coefficient (Wildman–Crippen LogP) is 0.667. The first kappa shape index (κ1) is 24.6. The molecule has 1 aliphatic heterocycles. The van der Waals surface area contributed by atoms with Crippen molar-refractivity contribution in [3.8, 4) is 5.69 Å². The fourth-order valence-corrected chi connectivity index (χ4v) is 3.49. The average Bonchev–Trinajstić information content (AvgIpc) is 2.74. The molecule has 1 saturated heterocycles. The van der Waals surface area contributed by atoms with E-state index in [1.165, 1.54) is 39.8 Å². The normalized spacial score (nSPS) is 15.0. The first-order chi connectivity index (χ1) is 15.1. The SMILES string of the molecule is Cl.O.O.O.[2H]C([2H])([2H])N1CCN(c2cc3c(cc2F)c(=O)c(C(=O)O)cn3-c2ccc(F)cc2)CC1. The average molecular weight is 493 g/mol. The van der Waals surface area contributed by atoms with E-state index in [0.29, 0.717) is 5.69 Å². The lowest BCUT2D eigenvalue weighted by Crippen LogP contribution is -2.44. The number of likely N-dealkylation sites (N-methyl/N-ethyl adjacent to an activating group) is 1. The lowest BCUT2D eigenvalue weighted by molar-refractivity contribution is 0.0695. The van der Waals surface area contributed by atoms with Crippen molar-refractivity contribution in [1.82, 2.24) is 9.47 Å². The quantitative estimate of drug-likeness (QED) is 0.567. The number of carboxylic acid groups (broad SMARTS) is 1. The van der Waals surface area contributed by atoms with Crippen molar-refractivity contribution in [3.05, 3.63) is 70.0 Å². The van der Waals surface area contributed by atoms with Crippen molar-refractivity contribution in [3.63, 3.8) is 0 Å². The summed E-state index contributed by atoms with van der Waals surface area (Å²) < 4.78 is 52.4. The number of piperazine rings is 1. The Bertz CT molecular complexity index is 1270. The molecule has 1 aromatic heterocycles. The monoisotopic (exact) mass is 492 g/mol. The molecule has 9 nitrogen and oxygen atoms in total. The van der Waals surface area contributed by atoms with Crippen molar-refractivity contribution in [2.75, 3.05) is 38.1 Å². The van der Waals surface area contributed by atoms with Gasteiger partial charge in [0.25, 0.3) is 0 Å². The number of hydrogen-bond acceptors (Lipinski definition) is 4. The Morgan fingerprint density at radius 2 is 1.64 bits per heavy atom. The van der Waals surface area contributed by atoms with Gasteiger partial charge in [-0.15, -0.1) is 12.4 Å². The molecular weight excluding hydrogens is 464 g/mol. The number of carbonyl (C=O) groups is 1. The van der Waals surface area contributed by atoms with Crippen molar-refractivity contribution in [2.24, 2.45) is 0 Å². The lowest BCUT2D eigenvalue weighted by Gasteiger charge is -2.34. The largest absolute Gasteiger partial charge is 0.477 e. The highest BCUT2D eigenvalue weighted by molar-refractivity contribution is 5.94. The van der Waals surface area contributed by atoms with Gasteiger partial charge in [0.2, 0.25) is 5.43 Å². The first-order valence-corrected chi connectivity index (χ1v) is 8.94. The van der Waals surface area contributed by atoms with Gasteiger partial charge < -0.3 is 35.9 Å². The van der Waals surface area contributed by atoms with Gasteiger partial charge in [-0.1, -0.05) is 0 Å². The molecule has 4 rings (SSSR count). The first-order valence-electron chi connectivity index (χ1n) is 10.4. The van der Waals surface area contributed by atoms with Gasteiger partial charge >= 0.3 is 5.97 Å². The number of carboxylic acids is 1. The number of hydrogen-bond donors (Lipinski definition) is 1.